The molecule has 0 radical (unpaired) electrons. The lowest BCUT2D eigenvalue weighted by molar-refractivity contribution is 0.0868. The maximum Gasteiger partial charge on any atom is 0.251 e. The minimum atomic E-state index is -0.398. The molecule has 0 aliphatic heterocycles. The van der Waals surface area contributed by atoms with E-state index in [1.54, 1.807) is 56.5 Å². The van der Waals surface area contributed by atoms with Crippen LogP contribution in [0, 0.1) is 24.2 Å². The average Bonchev–Trinajstić information content (AvgIpc) is 2.66. The van der Waals surface area contributed by atoms with E-state index in [1.165, 1.54) is 0 Å². The molecule has 0 bridgehead atoms. The van der Waals surface area contributed by atoms with Crippen molar-refractivity contribution in [1.82, 2.24) is 5.32 Å². The first-order chi connectivity index (χ1) is 12.4. The van der Waals surface area contributed by atoms with Gasteiger partial charge in [-0.3, -0.25) is 9.59 Å². The molecule has 0 saturated heterocycles. The van der Waals surface area contributed by atoms with Gasteiger partial charge in [-0.05, 0) is 49.7 Å². The molecule has 0 fully saturated rings. The summed E-state index contributed by atoms with van der Waals surface area (Å²) in [6.45, 7) is 5.43. The van der Waals surface area contributed by atoms with Crippen LogP contribution in [0.1, 0.15) is 45.7 Å². The number of ether oxygens (including phenoxy) is 1. The molecule has 2 rings (SSSR count). The number of carbonyl (C=O) groups excluding carboxylic acids is 2. The molecular formula is C21H22N2O3. The van der Waals surface area contributed by atoms with Crippen molar-refractivity contribution in [2.45, 2.75) is 26.8 Å². The lowest BCUT2D eigenvalue weighted by Crippen LogP contribution is -2.40. The summed E-state index contributed by atoms with van der Waals surface area (Å²) in [5, 5.41) is 11.7. The number of nitriles is 1. The van der Waals surface area contributed by atoms with Gasteiger partial charge in [0.05, 0.1) is 18.7 Å². The number of Topliss-reactive ketones (excluding diaryl/α,β-unsaturated/α-hetero) is 1. The number of amides is 1. The van der Waals surface area contributed by atoms with Crippen LogP contribution >= 0.6 is 0 Å². The van der Waals surface area contributed by atoms with Crippen LogP contribution in [0.5, 0.6) is 5.75 Å². The summed E-state index contributed by atoms with van der Waals surface area (Å²) in [6, 6.07) is 13.4. The second-order valence-electron chi connectivity index (χ2n) is 6.29. The minimum absolute atomic E-state index is 0.0752. The second kappa shape index (κ2) is 8.30. The third-order valence-electron chi connectivity index (χ3n) is 4.50. The molecule has 134 valence electrons. The molecular weight excluding hydrogens is 328 g/mol. The summed E-state index contributed by atoms with van der Waals surface area (Å²) in [6.07, 6.45) is 0. The zero-order valence-corrected chi connectivity index (χ0v) is 15.4. The molecule has 0 heterocycles. The fourth-order valence-corrected chi connectivity index (χ4v) is 2.63. The highest BCUT2D eigenvalue weighted by Gasteiger charge is 2.24. The molecule has 5 heteroatoms. The van der Waals surface area contributed by atoms with Crippen molar-refractivity contribution in [3.63, 3.8) is 0 Å². The van der Waals surface area contributed by atoms with Crippen LogP contribution in [0.4, 0.5) is 0 Å². The molecule has 0 spiro atoms. The Bertz CT molecular complexity index is 851. The highest BCUT2D eigenvalue weighted by Crippen LogP contribution is 2.18. The monoisotopic (exact) mass is 350 g/mol. The quantitative estimate of drug-likeness (QED) is 0.809. The average molecular weight is 350 g/mol. The van der Waals surface area contributed by atoms with Crippen molar-refractivity contribution in [1.29, 1.82) is 5.26 Å². The highest BCUT2D eigenvalue weighted by atomic mass is 16.5. The van der Waals surface area contributed by atoms with Crippen LogP contribution in [0.25, 0.3) is 0 Å². The molecule has 1 amide bonds. The summed E-state index contributed by atoms with van der Waals surface area (Å²) in [5.74, 6) is -0.00669. The number of benzene rings is 2. The Morgan fingerprint density at radius 1 is 1.12 bits per heavy atom. The standard InChI is InChI=1S/C21H22N2O3/c1-13-11-18(26-4)9-10-19(13)21(25)23-15(3)14(2)20(24)17-7-5-16(12-22)6-8-17/h5-11,14-15H,1-4H3,(H,23,25). The number of nitrogens with zero attached hydrogens (tertiary/aromatic N) is 1. The molecule has 26 heavy (non-hydrogen) atoms. The number of carbonyl (C=O) groups is 2. The predicted molar refractivity (Wildman–Crippen MR) is 99.3 cm³/mol. The van der Waals surface area contributed by atoms with Crippen LogP contribution in [-0.4, -0.2) is 24.8 Å². The zero-order valence-electron chi connectivity index (χ0n) is 15.4. The zero-order chi connectivity index (χ0) is 19.3. The van der Waals surface area contributed by atoms with Crippen LogP contribution in [0.3, 0.4) is 0 Å². The van der Waals surface area contributed by atoms with Crippen molar-refractivity contribution < 1.29 is 14.3 Å². The van der Waals surface area contributed by atoms with Crippen molar-refractivity contribution in [3.05, 3.63) is 64.7 Å². The van der Waals surface area contributed by atoms with Gasteiger partial charge in [-0.2, -0.15) is 5.26 Å². The van der Waals surface area contributed by atoms with Gasteiger partial charge in [-0.15, -0.1) is 0 Å². The Morgan fingerprint density at radius 3 is 2.31 bits per heavy atom. The van der Waals surface area contributed by atoms with E-state index in [0.29, 0.717) is 22.4 Å². The lowest BCUT2D eigenvalue weighted by atomic mass is 9.92. The number of methoxy groups -OCH3 is 1. The Kier molecular flexibility index (Phi) is 6.13. The van der Waals surface area contributed by atoms with Crippen LogP contribution < -0.4 is 10.1 Å². The van der Waals surface area contributed by atoms with Gasteiger partial charge in [0, 0.05) is 23.1 Å². The predicted octanol–water partition coefficient (Wildman–Crippen LogP) is 3.51. The number of ketones is 1. The van der Waals surface area contributed by atoms with Crippen molar-refractivity contribution in [3.8, 4) is 11.8 Å². The van der Waals surface area contributed by atoms with Gasteiger partial charge in [-0.1, -0.05) is 19.1 Å². The number of hydrogen-bond donors (Lipinski definition) is 1. The van der Waals surface area contributed by atoms with E-state index in [0.717, 1.165) is 5.56 Å². The van der Waals surface area contributed by atoms with Gasteiger partial charge >= 0.3 is 0 Å². The summed E-state index contributed by atoms with van der Waals surface area (Å²) < 4.78 is 5.15. The molecule has 0 saturated carbocycles. The summed E-state index contributed by atoms with van der Waals surface area (Å²) in [5.41, 5.74) is 2.39. The molecule has 1 N–H and O–H groups in total. The number of hydrogen-bond acceptors (Lipinski definition) is 4. The SMILES string of the molecule is COc1ccc(C(=O)NC(C)C(C)C(=O)c2ccc(C#N)cc2)c(C)c1. The highest BCUT2D eigenvalue weighted by molar-refractivity contribution is 5.99. The van der Waals surface area contributed by atoms with E-state index >= 15 is 0 Å². The van der Waals surface area contributed by atoms with E-state index < -0.39 is 5.92 Å². The molecule has 0 aliphatic carbocycles. The van der Waals surface area contributed by atoms with E-state index in [2.05, 4.69) is 5.32 Å². The van der Waals surface area contributed by atoms with E-state index in [9.17, 15) is 9.59 Å². The van der Waals surface area contributed by atoms with Gasteiger partial charge in [0.15, 0.2) is 5.78 Å². The Hall–Kier alpha value is -3.13. The van der Waals surface area contributed by atoms with Crippen molar-refractivity contribution in [2.24, 2.45) is 5.92 Å². The summed E-state index contributed by atoms with van der Waals surface area (Å²) in [7, 11) is 1.58. The minimum Gasteiger partial charge on any atom is -0.497 e. The first kappa shape index (κ1) is 19.2. The fraction of sp³-hybridized carbons (Fsp3) is 0.286. The normalized spacial score (nSPS) is 12.6. The summed E-state index contributed by atoms with van der Waals surface area (Å²) in [4.78, 5) is 25.1. The molecule has 2 unspecified atom stereocenters. The van der Waals surface area contributed by atoms with Crippen LogP contribution in [-0.2, 0) is 0 Å². The topological polar surface area (TPSA) is 79.2 Å². The fourth-order valence-electron chi connectivity index (χ4n) is 2.63. The Morgan fingerprint density at radius 2 is 1.77 bits per heavy atom. The van der Waals surface area contributed by atoms with Gasteiger partial charge in [0.25, 0.3) is 5.91 Å². The third kappa shape index (κ3) is 4.28. The number of rotatable bonds is 6. The van der Waals surface area contributed by atoms with Crippen molar-refractivity contribution in [2.75, 3.05) is 7.11 Å². The smallest absolute Gasteiger partial charge is 0.251 e. The van der Waals surface area contributed by atoms with E-state index in [1.807, 2.05) is 19.9 Å². The molecule has 5 nitrogen and oxygen atoms in total. The third-order valence-corrected chi connectivity index (χ3v) is 4.50. The first-order valence-electron chi connectivity index (χ1n) is 8.37. The van der Waals surface area contributed by atoms with E-state index in [-0.39, 0.29) is 17.7 Å². The van der Waals surface area contributed by atoms with Crippen molar-refractivity contribution >= 4 is 11.7 Å². The lowest BCUT2D eigenvalue weighted by Gasteiger charge is -2.21. The van der Waals surface area contributed by atoms with Crippen LogP contribution in [0.15, 0.2) is 42.5 Å². The Labute approximate surface area is 153 Å². The van der Waals surface area contributed by atoms with Crippen LogP contribution in [0.2, 0.25) is 0 Å². The largest absolute Gasteiger partial charge is 0.497 e. The van der Waals surface area contributed by atoms with E-state index in [4.69, 9.17) is 10.00 Å². The maximum atomic E-state index is 12.6. The maximum absolute atomic E-state index is 12.6. The number of aryl methyl sites for hydroxylation is 1. The number of nitrogens with one attached hydrogen (secondary N) is 1. The summed E-state index contributed by atoms with van der Waals surface area (Å²) >= 11 is 0. The van der Waals surface area contributed by atoms with Gasteiger partial charge in [0.1, 0.15) is 5.75 Å². The molecule has 0 aromatic heterocycles. The molecule has 2 atom stereocenters. The van der Waals surface area contributed by atoms with Gasteiger partial charge < -0.3 is 10.1 Å². The Balaban J connectivity index is 2.07. The second-order valence-corrected chi connectivity index (χ2v) is 6.29. The molecule has 2 aromatic rings. The molecule has 2 aromatic carbocycles. The first-order valence-corrected chi connectivity index (χ1v) is 8.37. The van der Waals surface area contributed by atoms with Gasteiger partial charge in [-0.25, -0.2) is 0 Å². The molecule has 0 aliphatic rings. The van der Waals surface area contributed by atoms with Gasteiger partial charge in [0.2, 0.25) is 0 Å².